The highest BCUT2D eigenvalue weighted by atomic mass is 32.2. The van der Waals surface area contributed by atoms with E-state index in [1.165, 1.54) is 0 Å². The molecule has 7 heteroatoms. The molecule has 2 aromatic rings. The largest absolute Gasteiger partial charge is 0.494 e. The Morgan fingerprint density at radius 2 is 1.86 bits per heavy atom. The predicted octanol–water partition coefficient (Wildman–Crippen LogP) is 3.51. The van der Waals surface area contributed by atoms with Crippen molar-refractivity contribution in [3.63, 3.8) is 0 Å². The van der Waals surface area contributed by atoms with Gasteiger partial charge < -0.3 is 9.64 Å². The predicted molar refractivity (Wildman–Crippen MR) is 112 cm³/mol. The number of carbonyl (C=O) groups is 1. The van der Waals surface area contributed by atoms with Crippen LogP contribution in [0.3, 0.4) is 0 Å². The minimum atomic E-state index is -3.53. The molecule has 29 heavy (non-hydrogen) atoms. The van der Waals surface area contributed by atoms with E-state index in [1.54, 1.807) is 47.4 Å². The van der Waals surface area contributed by atoms with E-state index in [9.17, 15) is 13.2 Å². The van der Waals surface area contributed by atoms with E-state index in [1.807, 2.05) is 6.92 Å². The van der Waals surface area contributed by atoms with E-state index >= 15 is 0 Å². The summed E-state index contributed by atoms with van der Waals surface area (Å²) in [6.45, 7) is 3.03. The Morgan fingerprint density at radius 3 is 2.55 bits per heavy atom. The zero-order valence-corrected chi connectivity index (χ0v) is 17.4. The second-order valence-electron chi connectivity index (χ2n) is 7.56. The van der Waals surface area contributed by atoms with Gasteiger partial charge in [-0.3, -0.25) is 4.79 Å². The van der Waals surface area contributed by atoms with Crippen molar-refractivity contribution in [2.45, 2.75) is 50.0 Å². The molecule has 0 atom stereocenters. The molecule has 0 saturated heterocycles. The summed E-state index contributed by atoms with van der Waals surface area (Å²) < 4.78 is 33.7. The SMILES string of the molecule is CCOc1ccc(C(=O)N2CCc3cc(S(=O)(=O)NC4CCCC4)ccc32)cc1. The second-order valence-corrected chi connectivity index (χ2v) is 9.27. The Hall–Kier alpha value is -2.38. The molecule has 0 radical (unpaired) electrons. The zero-order chi connectivity index (χ0) is 20.4. The highest BCUT2D eigenvalue weighted by Crippen LogP contribution is 2.32. The molecule has 1 heterocycles. The van der Waals surface area contributed by atoms with Crippen molar-refractivity contribution in [3.05, 3.63) is 53.6 Å². The highest BCUT2D eigenvalue weighted by molar-refractivity contribution is 7.89. The lowest BCUT2D eigenvalue weighted by atomic mass is 10.1. The van der Waals surface area contributed by atoms with Crippen LogP contribution in [-0.2, 0) is 16.4 Å². The lowest BCUT2D eigenvalue weighted by Crippen LogP contribution is -2.32. The van der Waals surface area contributed by atoms with Crippen molar-refractivity contribution < 1.29 is 17.9 Å². The Kier molecular flexibility index (Phi) is 5.61. The number of hydrogen-bond donors (Lipinski definition) is 1. The summed E-state index contributed by atoms with van der Waals surface area (Å²) in [5.41, 5.74) is 2.25. The molecule has 1 N–H and O–H groups in total. The van der Waals surface area contributed by atoms with Crippen LogP contribution in [0.5, 0.6) is 5.75 Å². The molecule has 0 aromatic heterocycles. The van der Waals surface area contributed by atoms with Gasteiger partial charge in [0.2, 0.25) is 10.0 Å². The summed E-state index contributed by atoms with van der Waals surface area (Å²) in [5.74, 6) is 0.641. The summed E-state index contributed by atoms with van der Waals surface area (Å²) in [6.07, 6.45) is 4.58. The molecular weight excluding hydrogens is 388 g/mol. The van der Waals surface area contributed by atoms with Crippen LogP contribution in [0, 0.1) is 0 Å². The van der Waals surface area contributed by atoms with E-state index < -0.39 is 10.0 Å². The summed E-state index contributed by atoms with van der Waals surface area (Å²) in [5, 5.41) is 0. The van der Waals surface area contributed by atoms with Gasteiger partial charge in [-0.2, -0.15) is 0 Å². The van der Waals surface area contributed by atoms with Crippen molar-refractivity contribution in [3.8, 4) is 5.75 Å². The Bertz CT molecular complexity index is 996. The topological polar surface area (TPSA) is 75.7 Å². The number of amides is 1. The molecule has 6 nitrogen and oxygen atoms in total. The van der Waals surface area contributed by atoms with E-state index in [2.05, 4.69) is 4.72 Å². The first-order chi connectivity index (χ1) is 14.0. The summed E-state index contributed by atoms with van der Waals surface area (Å²) in [7, 11) is -3.53. The van der Waals surface area contributed by atoms with Crippen LogP contribution < -0.4 is 14.4 Å². The van der Waals surface area contributed by atoms with Crippen LogP contribution >= 0.6 is 0 Å². The zero-order valence-electron chi connectivity index (χ0n) is 16.6. The number of fused-ring (bicyclic) bond motifs is 1. The van der Waals surface area contributed by atoms with Gasteiger partial charge in [-0.1, -0.05) is 12.8 Å². The number of benzene rings is 2. The molecule has 154 valence electrons. The maximum Gasteiger partial charge on any atom is 0.258 e. The molecule has 2 aromatic carbocycles. The number of anilines is 1. The van der Waals surface area contributed by atoms with Crippen molar-refractivity contribution in [2.24, 2.45) is 0 Å². The van der Waals surface area contributed by atoms with Crippen LogP contribution in [0.1, 0.15) is 48.5 Å². The molecule has 2 aliphatic rings. The van der Waals surface area contributed by atoms with Crippen molar-refractivity contribution in [2.75, 3.05) is 18.1 Å². The first kappa shape index (κ1) is 19.9. The average Bonchev–Trinajstić information content (AvgIpc) is 3.37. The molecular formula is C22H26N2O4S. The van der Waals surface area contributed by atoms with Gasteiger partial charge in [0.15, 0.2) is 0 Å². The maximum absolute atomic E-state index is 12.9. The third-order valence-corrected chi connectivity index (χ3v) is 7.11. The minimum absolute atomic E-state index is 0.0333. The van der Waals surface area contributed by atoms with E-state index in [0.717, 1.165) is 42.7 Å². The molecule has 0 bridgehead atoms. The lowest BCUT2D eigenvalue weighted by Gasteiger charge is -2.18. The number of sulfonamides is 1. The Balaban J connectivity index is 1.52. The summed E-state index contributed by atoms with van der Waals surface area (Å²) in [4.78, 5) is 14.9. The summed E-state index contributed by atoms with van der Waals surface area (Å²) in [6, 6.07) is 12.2. The second kappa shape index (κ2) is 8.16. The fraction of sp³-hybridized carbons (Fsp3) is 0.409. The lowest BCUT2D eigenvalue weighted by molar-refractivity contribution is 0.0989. The molecule has 1 amide bonds. The van der Waals surface area contributed by atoms with Gasteiger partial charge in [0.1, 0.15) is 5.75 Å². The van der Waals surface area contributed by atoms with Crippen LogP contribution in [-0.4, -0.2) is 33.5 Å². The number of ether oxygens (including phenoxy) is 1. The smallest absolute Gasteiger partial charge is 0.258 e. The van der Waals surface area contributed by atoms with Crippen molar-refractivity contribution >= 4 is 21.6 Å². The molecule has 0 unspecified atom stereocenters. The van der Waals surface area contributed by atoms with Crippen LogP contribution in [0.2, 0.25) is 0 Å². The van der Waals surface area contributed by atoms with E-state index in [0.29, 0.717) is 25.1 Å². The average molecular weight is 415 g/mol. The number of carbonyl (C=O) groups excluding carboxylic acids is 1. The standard InChI is InChI=1S/C22H26N2O4S/c1-2-28-19-9-7-16(8-10-19)22(25)24-14-13-17-15-20(11-12-21(17)24)29(26,27)23-18-5-3-4-6-18/h7-12,15,18,23H,2-6,13-14H2,1H3. The molecule has 0 spiro atoms. The third-order valence-electron chi connectivity index (χ3n) is 5.59. The number of rotatable bonds is 6. The third kappa shape index (κ3) is 4.16. The van der Waals surface area contributed by atoms with E-state index in [-0.39, 0.29) is 16.8 Å². The maximum atomic E-state index is 12.9. The monoisotopic (exact) mass is 414 g/mol. The highest BCUT2D eigenvalue weighted by Gasteiger charge is 2.28. The van der Waals surface area contributed by atoms with Gasteiger partial charge in [-0.05, 0) is 74.2 Å². The fourth-order valence-electron chi connectivity index (χ4n) is 4.10. The first-order valence-electron chi connectivity index (χ1n) is 10.2. The van der Waals surface area contributed by atoms with Gasteiger partial charge in [-0.25, -0.2) is 13.1 Å². The Morgan fingerprint density at radius 1 is 1.14 bits per heavy atom. The molecule has 1 aliphatic carbocycles. The first-order valence-corrected chi connectivity index (χ1v) is 11.7. The minimum Gasteiger partial charge on any atom is -0.494 e. The molecule has 4 rings (SSSR count). The quantitative estimate of drug-likeness (QED) is 0.785. The van der Waals surface area contributed by atoms with E-state index in [4.69, 9.17) is 4.74 Å². The van der Waals surface area contributed by atoms with Crippen LogP contribution in [0.15, 0.2) is 47.4 Å². The van der Waals surface area contributed by atoms with Crippen molar-refractivity contribution in [1.29, 1.82) is 0 Å². The Labute approximate surface area is 171 Å². The fourth-order valence-corrected chi connectivity index (χ4v) is 5.46. The van der Waals surface area contributed by atoms with Crippen LogP contribution in [0.4, 0.5) is 5.69 Å². The van der Waals surface area contributed by atoms with Gasteiger partial charge in [0.25, 0.3) is 5.91 Å². The summed E-state index contributed by atoms with van der Waals surface area (Å²) >= 11 is 0. The normalized spacial score (nSPS) is 16.8. The molecule has 1 aliphatic heterocycles. The van der Waals surface area contributed by atoms with Gasteiger partial charge >= 0.3 is 0 Å². The molecule has 1 saturated carbocycles. The number of nitrogens with zero attached hydrogens (tertiary/aromatic N) is 1. The van der Waals surface area contributed by atoms with Gasteiger partial charge in [-0.15, -0.1) is 0 Å². The van der Waals surface area contributed by atoms with Gasteiger partial charge in [0.05, 0.1) is 11.5 Å². The van der Waals surface area contributed by atoms with Crippen LogP contribution in [0.25, 0.3) is 0 Å². The number of nitrogens with one attached hydrogen (secondary N) is 1. The van der Waals surface area contributed by atoms with Crippen molar-refractivity contribution in [1.82, 2.24) is 4.72 Å². The number of hydrogen-bond acceptors (Lipinski definition) is 4. The van der Waals surface area contributed by atoms with Gasteiger partial charge in [0, 0.05) is 23.8 Å². The molecule has 1 fully saturated rings.